The van der Waals surface area contributed by atoms with Gasteiger partial charge in [0.2, 0.25) is 0 Å². The van der Waals surface area contributed by atoms with Gasteiger partial charge in [-0.1, -0.05) is 225 Å². The first kappa shape index (κ1) is 56.1. The van der Waals surface area contributed by atoms with Gasteiger partial charge in [0.05, 0.1) is 11.9 Å². The fourth-order valence-corrected chi connectivity index (χ4v) is 20.2. The Balaban J connectivity index is 0.816. The summed E-state index contributed by atoms with van der Waals surface area (Å²) in [6.45, 7) is 17.5. The lowest BCUT2D eigenvalue weighted by Crippen LogP contribution is -2.47. The molecule has 0 aromatic heterocycles. The third-order valence-corrected chi connectivity index (χ3v) is 24.0. The van der Waals surface area contributed by atoms with Gasteiger partial charge >= 0.3 is 0 Å². The average molecular weight is 1160 g/mol. The maximum Gasteiger partial charge on any atom is 0.123 e. The van der Waals surface area contributed by atoms with Gasteiger partial charge in [-0.15, -0.1) is 11.8 Å². The molecule has 438 valence electrons. The lowest BCUT2D eigenvalue weighted by atomic mass is 9.57. The number of thioether (sulfide) groups is 1. The summed E-state index contributed by atoms with van der Waals surface area (Å²) < 4.78 is 30.5. The molecule has 2 nitrogen and oxygen atoms in total. The topological polar surface area (TPSA) is 6.48 Å². The number of hydrogen-bond donors (Lipinski definition) is 0. The molecule has 6 aromatic rings. The fraction of sp³-hybridized carbons (Fsp3) is 0.317. The van der Waals surface area contributed by atoms with Crippen LogP contribution in [0.4, 0.5) is 14.5 Å². The Bertz CT molecular complexity index is 3960. The molecule has 14 atom stereocenters. The van der Waals surface area contributed by atoms with Crippen molar-refractivity contribution in [1.82, 2.24) is 4.90 Å². The van der Waals surface area contributed by atoms with Crippen molar-refractivity contribution in [1.29, 1.82) is 0 Å². The Kier molecular flexibility index (Phi) is 14.4. The van der Waals surface area contributed by atoms with Crippen LogP contribution in [0.25, 0.3) is 12.2 Å². The molecule has 14 unspecified atom stereocenters. The van der Waals surface area contributed by atoms with Crippen LogP contribution in [0.1, 0.15) is 138 Å². The molecule has 0 N–H and O–H groups in total. The number of nitrogens with zero attached hydrogens (tertiary/aromatic N) is 2. The van der Waals surface area contributed by atoms with Crippen molar-refractivity contribution >= 4 is 29.6 Å². The van der Waals surface area contributed by atoms with Gasteiger partial charge in [-0.2, -0.15) is 0 Å². The second-order valence-corrected chi connectivity index (χ2v) is 28.3. The van der Waals surface area contributed by atoms with Crippen LogP contribution in [-0.4, -0.2) is 33.5 Å². The van der Waals surface area contributed by atoms with Crippen LogP contribution >= 0.6 is 11.8 Å². The Morgan fingerprint density at radius 1 is 0.609 bits per heavy atom. The van der Waals surface area contributed by atoms with Gasteiger partial charge in [-0.05, 0) is 175 Å². The van der Waals surface area contributed by atoms with E-state index in [4.69, 9.17) is 0 Å². The number of rotatable bonds is 12. The van der Waals surface area contributed by atoms with E-state index in [1.807, 2.05) is 30.4 Å². The zero-order chi connectivity index (χ0) is 59.3. The summed E-state index contributed by atoms with van der Waals surface area (Å²) in [5.74, 6) is 1.66. The van der Waals surface area contributed by atoms with Crippen LogP contribution < -0.4 is 4.90 Å². The van der Waals surface area contributed by atoms with E-state index < -0.39 is 5.41 Å². The van der Waals surface area contributed by atoms with Gasteiger partial charge < -0.3 is 9.80 Å². The Hall–Kier alpha value is -7.47. The summed E-state index contributed by atoms with van der Waals surface area (Å²) in [5.41, 5.74) is 20.3. The summed E-state index contributed by atoms with van der Waals surface area (Å²) >= 11 is 2.17. The predicted molar refractivity (Wildman–Crippen MR) is 360 cm³/mol. The summed E-state index contributed by atoms with van der Waals surface area (Å²) in [7, 11) is 0. The van der Waals surface area contributed by atoms with E-state index >= 15 is 8.78 Å². The summed E-state index contributed by atoms with van der Waals surface area (Å²) in [5, 5.41) is 0.814. The molecule has 0 amide bonds. The smallest absolute Gasteiger partial charge is 0.123 e. The summed E-state index contributed by atoms with van der Waals surface area (Å²) in [4.78, 5) is 5.39. The average Bonchev–Trinajstić information content (AvgIpc) is 2.19. The van der Waals surface area contributed by atoms with Crippen LogP contribution in [0.15, 0.2) is 248 Å². The van der Waals surface area contributed by atoms with Crippen molar-refractivity contribution in [3.8, 4) is 0 Å². The minimum atomic E-state index is -0.405. The highest BCUT2D eigenvalue weighted by Gasteiger charge is 2.59. The molecule has 1 fully saturated rings. The first-order chi connectivity index (χ1) is 42.5. The predicted octanol–water partition coefficient (Wildman–Crippen LogP) is 20.1. The highest BCUT2D eigenvalue weighted by molar-refractivity contribution is 8.01. The number of allylic oxidation sites excluding steroid dienone is 11. The molecule has 5 heteroatoms. The first-order valence-corrected chi connectivity index (χ1v) is 33.3. The Morgan fingerprint density at radius 3 is 1.93 bits per heavy atom. The zero-order valence-electron chi connectivity index (χ0n) is 50.8. The molecule has 8 aliphatic carbocycles. The molecule has 0 saturated carbocycles. The molecule has 0 radical (unpaired) electrons. The minimum absolute atomic E-state index is 0.0176. The quantitative estimate of drug-likeness (QED) is 0.113. The monoisotopic (exact) mass is 1160 g/mol. The maximum absolute atomic E-state index is 15.3. The van der Waals surface area contributed by atoms with E-state index in [-0.39, 0.29) is 64.8 Å². The van der Waals surface area contributed by atoms with E-state index in [1.165, 1.54) is 72.6 Å². The van der Waals surface area contributed by atoms with Gasteiger partial charge in [-0.3, -0.25) is 0 Å². The molecule has 0 spiro atoms. The van der Waals surface area contributed by atoms with E-state index in [0.717, 1.165) is 55.3 Å². The lowest BCUT2D eigenvalue weighted by molar-refractivity contribution is 0.156. The molecule has 1 aliphatic heterocycles. The van der Waals surface area contributed by atoms with E-state index in [0.29, 0.717) is 35.2 Å². The number of aryl methyl sites for hydroxylation is 2. The number of halogens is 2. The van der Waals surface area contributed by atoms with Crippen LogP contribution in [-0.2, 0) is 10.8 Å². The molecular weight excluding hydrogens is 1080 g/mol. The second-order valence-electron chi connectivity index (χ2n) is 26.9. The summed E-state index contributed by atoms with van der Waals surface area (Å²) in [6, 6.07) is 51.9. The van der Waals surface area contributed by atoms with Crippen LogP contribution in [0, 0.1) is 49.3 Å². The van der Waals surface area contributed by atoms with Gasteiger partial charge in [0.15, 0.2) is 0 Å². The van der Waals surface area contributed by atoms with Crippen molar-refractivity contribution in [2.24, 2.45) is 29.6 Å². The first-order valence-electron chi connectivity index (χ1n) is 32.4. The van der Waals surface area contributed by atoms with Gasteiger partial charge in [0.1, 0.15) is 5.82 Å². The maximum atomic E-state index is 15.3. The van der Waals surface area contributed by atoms with E-state index in [9.17, 15) is 0 Å². The van der Waals surface area contributed by atoms with Crippen LogP contribution in [0.5, 0.6) is 0 Å². The van der Waals surface area contributed by atoms with Gasteiger partial charge in [0, 0.05) is 74.7 Å². The van der Waals surface area contributed by atoms with E-state index in [1.54, 1.807) is 12.1 Å². The molecule has 1 saturated heterocycles. The number of hydrogen-bond acceptors (Lipinski definition) is 3. The highest BCUT2D eigenvalue weighted by Crippen LogP contribution is 2.65. The summed E-state index contributed by atoms with van der Waals surface area (Å²) in [6.07, 6.45) is 38.1. The van der Waals surface area contributed by atoms with Crippen molar-refractivity contribution in [2.45, 2.75) is 130 Å². The second kappa shape index (κ2) is 22.3. The van der Waals surface area contributed by atoms with Crippen molar-refractivity contribution in [3.63, 3.8) is 0 Å². The highest BCUT2D eigenvalue weighted by atomic mass is 32.2. The molecule has 0 bridgehead atoms. The van der Waals surface area contributed by atoms with Gasteiger partial charge in [-0.25, -0.2) is 8.78 Å². The molecular formula is C82H80F2N2S. The largest absolute Gasteiger partial charge is 0.362 e. The lowest BCUT2D eigenvalue weighted by Gasteiger charge is -2.48. The third-order valence-electron chi connectivity index (χ3n) is 22.3. The number of anilines is 1. The fourth-order valence-electron chi connectivity index (χ4n) is 18.5. The Labute approximate surface area is 520 Å². The molecule has 1 heterocycles. The SMILES string of the molecule is C=Cc1ccc(C2(C3=CC(C)=CCC3C)c3ccccc3C3C=CC(N(C4=CC5C(CC4)SC4C=CC(N(C6C=CC7c8ccccc8C(c8ccc(C=C)cc8)(c8cc(C)ccc8C)C7C6)C6CC=C(F)CC6)=CC45)c4ccc(F)cc4)CC32)cc1. The van der Waals surface area contributed by atoms with Crippen molar-refractivity contribution in [2.75, 3.05) is 4.90 Å². The van der Waals surface area contributed by atoms with Crippen LogP contribution in [0.2, 0.25) is 0 Å². The molecule has 15 rings (SSSR count). The Morgan fingerprint density at radius 2 is 1.25 bits per heavy atom. The van der Waals surface area contributed by atoms with Crippen LogP contribution in [0.3, 0.4) is 0 Å². The molecule has 6 aromatic carbocycles. The number of fused-ring (bicyclic) bond motifs is 9. The zero-order valence-corrected chi connectivity index (χ0v) is 51.7. The van der Waals surface area contributed by atoms with Gasteiger partial charge in [0.25, 0.3) is 0 Å². The minimum Gasteiger partial charge on any atom is -0.362 e. The standard InChI is InChI=1S/C82H80F2N2S/c1-7-55-21-25-57(26-22-55)81(75-45-51(3)17-19-53(75)5)73-15-11-9-13-67(73)69-41-37-65(49-77(69)81)85(61-33-29-59(83)30-34-61)63-39-43-79-71(47-63)72-48-64(40-44-80(72)87-79)86(62-35-31-60(84)32-36-62)66-38-42-70-68-14-10-12-16-74(68)82(78(70)50-66,58-27-23-56(8-2)24-28-58)76-46-52(4)18-20-54(76)6/h7-19,21-29,31-32,35-39,41-43,45-48,54,61,65-66,69-72,77-80H,1-2,20,30,33-34,40,44,49-50H2,3-6H3. The number of benzene rings is 6. The third kappa shape index (κ3) is 9.12. The normalized spacial score (nSPS) is 31.5. The van der Waals surface area contributed by atoms with Crippen molar-refractivity contribution in [3.05, 3.63) is 315 Å². The van der Waals surface area contributed by atoms with Crippen molar-refractivity contribution < 1.29 is 8.78 Å². The molecule has 87 heavy (non-hydrogen) atoms. The van der Waals surface area contributed by atoms with E-state index in [2.05, 4.69) is 238 Å². The molecule has 9 aliphatic rings.